The van der Waals surface area contributed by atoms with Crippen molar-refractivity contribution in [3.05, 3.63) is 28.5 Å². The average molecular weight is 355 g/mol. The van der Waals surface area contributed by atoms with Crippen molar-refractivity contribution in [1.29, 1.82) is 0 Å². The number of halogens is 2. The first-order chi connectivity index (χ1) is 10.0. The quantitative estimate of drug-likeness (QED) is 0.842. The zero-order valence-corrected chi connectivity index (χ0v) is 13.1. The third-order valence-electron chi connectivity index (χ3n) is 4.25. The first-order valence-electron chi connectivity index (χ1n) is 7.10. The molecule has 2 aliphatic rings. The molecule has 1 saturated heterocycles. The molecular weight excluding hydrogens is 339 g/mol. The van der Waals surface area contributed by atoms with Gasteiger partial charge in [0.1, 0.15) is 11.4 Å². The summed E-state index contributed by atoms with van der Waals surface area (Å²) < 4.78 is 14.8. The summed E-state index contributed by atoms with van der Waals surface area (Å²) >= 11 is 3.30. The lowest BCUT2D eigenvalue weighted by Crippen LogP contribution is -2.55. The second-order valence-electron chi connectivity index (χ2n) is 5.64. The van der Waals surface area contributed by atoms with Gasteiger partial charge in [-0.15, -0.1) is 0 Å². The van der Waals surface area contributed by atoms with Gasteiger partial charge in [-0.25, -0.2) is 4.39 Å². The minimum atomic E-state index is -0.845. The molecule has 1 saturated carbocycles. The van der Waals surface area contributed by atoms with Gasteiger partial charge in [0, 0.05) is 17.4 Å². The van der Waals surface area contributed by atoms with Gasteiger partial charge >= 0.3 is 0 Å². The molecule has 112 valence electrons. The molecule has 3 rings (SSSR count). The number of nitrogens with one attached hydrogen (secondary N) is 1. The van der Waals surface area contributed by atoms with Crippen LogP contribution in [0.3, 0.4) is 0 Å². The maximum absolute atomic E-state index is 14.1. The Bertz CT molecular complexity index is 599. The van der Waals surface area contributed by atoms with Crippen LogP contribution in [0, 0.1) is 5.82 Å². The minimum Gasteiger partial charge on any atom is -0.342 e. The van der Waals surface area contributed by atoms with E-state index < -0.39 is 11.4 Å². The number of anilines is 1. The van der Waals surface area contributed by atoms with E-state index in [4.69, 9.17) is 0 Å². The first kappa shape index (κ1) is 14.5. The van der Waals surface area contributed by atoms with Gasteiger partial charge in [0.25, 0.3) is 5.91 Å². The van der Waals surface area contributed by atoms with Crippen LogP contribution in [0.4, 0.5) is 10.1 Å². The van der Waals surface area contributed by atoms with Gasteiger partial charge in [-0.3, -0.25) is 9.59 Å². The summed E-state index contributed by atoms with van der Waals surface area (Å²) in [7, 11) is 0. The van der Waals surface area contributed by atoms with Gasteiger partial charge in [-0.05, 0) is 31.0 Å². The van der Waals surface area contributed by atoms with Crippen molar-refractivity contribution in [3.8, 4) is 0 Å². The molecule has 0 aromatic heterocycles. The maximum Gasteiger partial charge on any atom is 0.252 e. The van der Waals surface area contributed by atoms with Crippen LogP contribution in [0.5, 0.6) is 0 Å². The molecule has 1 spiro atoms. The van der Waals surface area contributed by atoms with Crippen LogP contribution >= 0.6 is 15.9 Å². The highest BCUT2D eigenvalue weighted by Gasteiger charge is 2.47. The Hall–Kier alpha value is -1.43. The van der Waals surface area contributed by atoms with E-state index in [1.54, 1.807) is 12.1 Å². The molecule has 1 aliphatic carbocycles. The topological polar surface area (TPSA) is 49.4 Å². The number of carbonyl (C=O) groups excluding carboxylic acids is 2. The summed E-state index contributed by atoms with van der Waals surface area (Å²) in [5, 5.41) is 2.87. The highest BCUT2D eigenvalue weighted by molar-refractivity contribution is 9.10. The molecule has 2 fully saturated rings. The fraction of sp³-hybridized carbons (Fsp3) is 0.467. The Labute approximate surface area is 130 Å². The van der Waals surface area contributed by atoms with Crippen molar-refractivity contribution < 1.29 is 14.0 Å². The second-order valence-corrected chi connectivity index (χ2v) is 6.56. The van der Waals surface area contributed by atoms with E-state index in [9.17, 15) is 14.0 Å². The average Bonchev–Trinajstić information content (AvgIpc) is 2.87. The Balaban J connectivity index is 2.02. The van der Waals surface area contributed by atoms with Gasteiger partial charge < -0.3 is 10.2 Å². The number of nitrogens with zero attached hydrogens (tertiary/aromatic N) is 1. The van der Waals surface area contributed by atoms with Crippen molar-refractivity contribution in [2.24, 2.45) is 0 Å². The van der Waals surface area contributed by atoms with Gasteiger partial charge in [-0.1, -0.05) is 28.8 Å². The number of rotatable bonds is 1. The van der Waals surface area contributed by atoms with Crippen molar-refractivity contribution in [2.45, 2.75) is 37.6 Å². The molecule has 1 heterocycles. The normalized spacial score (nSPS) is 21.5. The summed E-state index contributed by atoms with van der Waals surface area (Å²) in [6.45, 7) is 0.208. The molecule has 1 aromatic carbocycles. The SMILES string of the molecule is O=C1CCN(c2cc(Br)ccc2F)C(=O)C2(CCCC2)N1. The summed E-state index contributed by atoms with van der Waals surface area (Å²) in [6.07, 6.45) is 3.26. The van der Waals surface area contributed by atoms with Crippen LogP contribution in [0.2, 0.25) is 0 Å². The second kappa shape index (κ2) is 5.40. The van der Waals surface area contributed by atoms with Gasteiger partial charge in [0.2, 0.25) is 5.91 Å². The predicted octanol–water partition coefficient (Wildman–Crippen LogP) is 2.75. The zero-order chi connectivity index (χ0) is 15.0. The van der Waals surface area contributed by atoms with Crippen LogP contribution < -0.4 is 10.2 Å². The van der Waals surface area contributed by atoms with Crippen LogP contribution in [0.25, 0.3) is 0 Å². The molecule has 4 nitrogen and oxygen atoms in total. The Morgan fingerprint density at radius 1 is 1.24 bits per heavy atom. The fourth-order valence-corrected chi connectivity index (χ4v) is 3.55. The molecule has 1 aromatic rings. The lowest BCUT2D eigenvalue weighted by atomic mass is 9.95. The molecule has 0 bridgehead atoms. The molecule has 0 unspecified atom stereocenters. The summed E-state index contributed by atoms with van der Waals surface area (Å²) in [6, 6.07) is 4.51. The highest BCUT2D eigenvalue weighted by atomic mass is 79.9. The number of carbonyl (C=O) groups is 2. The van der Waals surface area contributed by atoms with Crippen molar-refractivity contribution in [3.63, 3.8) is 0 Å². The fourth-order valence-electron chi connectivity index (χ4n) is 3.20. The maximum atomic E-state index is 14.1. The van der Waals surface area contributed by atoms with Crippen molar-refractivity contribution in [2.75, 3.05) is 11.4 Å². The Morgan fingerprint density at radius 3 is 2.67 bits per heavy atom. The van der Waals surface area contributed by atoms with E-state index in [0.29, 0.717) is 17.3 Å². The number of hydrogen-bond acceptors (Lipinski definition) is 2. The Morgan fingerprint density at radius 2 is 1.95 bits per heavy atom. The monoisotopic (exact) mass is 354 g/mol. The molecule has 0 radical (unpaired) electrons. The Kier molecular flexibility index (Phi) is 3.73. The van der Waals surface area contributed by atoms with Crippen molar-refractivity contribution >= 4 is 33.4 Å². The highest BCUT2D eigenvalue weighted by Crippen LogP contribution is 2.35. The lowest BCUT2D eigenvalue weighted by molar-refractivity contribution is -0.129. The minimum absolute atomic E-state index is 0.136. The van der Waals surface area contributed by atoms with Crippen molar-refractivity contribution in [1.82, 2.24) is 5.32 Å². The van der Waals surface area contributed by atoms with Crippen LogP contribution in [-0.2, 0) is 9.59 Å². The standard InChI is InChI=1S/C15H16BrFN2O2/c16-10-3-4-11(17)12(9-10)19-8-5-13(20)18-15(14(19)21)6-1-2-7-15/h3-4,9H,1-2,5-8H2,(H,18,20). The lowest BCUT2D eigenvalue weighted by Gasteiger charge is -2.32. The van der Waals surface area contributed by atoms with Gasteiger partial charge in [0.05, 0.1) is 5.69 Å². The van der Waals surface area contributed by atoms with E-state index >= 15 is 0 Å². The van der Waals surface area contributed by atoms with Crippen LogP contribution in [0.15, 0.2) is 22.7 Å². The molecule has 1 aliphatic heterocycles. The van der Waals surface area contributed by atoms with Crippen LogP contribution in [-0.4, -0.2) is 23.9 Å². The number of amides is 2. The summed E-state index contributed by atoms with van der Waals surface area (Å²) in [5.74, 6) is -0.778. The number of benzene rings is 1. The van der Waals surface area contributed by atoms with E-state index in [2.05, 4.69) is 21.2 Å². The molecular formula is C15H16BrFN2O2. The molecule has 21 heavy (non-hydrogen) atoms. The molecule has 0 atom stereocenters. The smallest absolute Gasteiger partial charge is 0.252 e. The number of hydrogen-bond donors (Lipinski definition) is 1. The first-order valence-corrected chi connectivity index (χ1v) is 7.89. The van der Waals surface area contributed by atoms with Crippen LogP contribution in [0.1, 0.15) is 32.1 Å². The van der Waals surface area contributed by atoms with E-state index in [1.807, 2.05) is 0 Å². The summed E-state index contributed by atoms with van der Waals surface area (Å²) in [4.78, 5) is 26.3. The van der Waals surface area contributed by atoms with E-state index in [1.165, 1.54) is 11.0 Å². The largest absolute Gasteiger partial charge is 0.342 e. The predicted molar refractivity (Wildman–Crippen MR) is 80.4 cm³/mol. The third kappa shape index (κ3) is 2.57. The molecule has 6 heteroatoms. The molecule has 2 amide bonds. The van der Waals surface area contributed by atoms with Gasteiger partial charge in [-0.2, -0.15) is 0 Å². The van der Waals surface area contributed by atoms with E-state index in [0.717, 1.165) is 12.8 Å². The van der Waals surface area contributed by atoms with Gasteiger partial charge in [0.15, 0.2) is 0 Å². The summed E-state index contributed by atoms with van der Waals surface area (Å²) in [5.41, 5.74) is -0.611. The molecule has 1 N–H and O–H groups in total. The van der Waals surface area contributed by atoms with E-state index in [-0.39, 0.29) is 30.5 Å². The third-order valence-corrected chi connectivity index (χ3v) is 4.75. The zero-order valence-electron chi connectivity index (χ0n) is 11.5.